The van der Waals surface area contributed by atoms with E-state index in [-0.39, 0.29) is 0 Å². The molecule has 0 saturated heterocycles. The summed E-state index contributed by atoms with van der Waals surface area (Å²) in [6, 6.07) is 20.0. The fourth-order valence-corrected chi connectivity index (χ4v) is 2.87. The van der Waals surface area contributed by atoms with Crippen molar-refractivity contribution in [1.29, 1.82) is 0 Å². The van der Waals surface area contributed by atoms with E-state index in [2.05, 4.69) is 37.8 Å². The number of aromatic nitrogens is 3. The molecule has 2 N–H and O–H groups in total. The predicted octanol–water partition coefficient (Wildman–Crippen LogP) is 3.39. The highest BCUT2D eigenvalue weighted by molar-refractivity contribution is 5.79. The van der Waals surface area contributed by atoms with E-state index in [1.54, 1.807) is 19.5 Å². The van der Waals surface area contributed by atoms with Crippen LogP contribution >= 0.6 is 0 Å². The number of benzene rings is 2. The molecule has 2 aromatic heterocycles. The summed E-state index contributed by atoms with van der Waals surface area (Å²) < 4.78 is 7.40. The van der Waals surface area contributed by atoms with E-state index in [0.717, 1.165) is 22.5 Å². The fraction of sp³-hybridized carbons (Fsp3) is 0.136. The number of nitrogens with zero attached hydrogens (tertiary/aromatic N) is 4. The van der Waals surface area contributed by atoms with Crippen LogP contribution < -0.4 is 10.6 Å². The molecule has 29 heavy (non-hydrogen) atoms. The number of hydrogen-bond acceptors (Lipinski definition) is 4. The van der Waals surface area contributed by atoms with Crippen LogP contribution in [-0.2, 0) is 13.1 Å². The molecule has 0 spiro atoms. The van der Waals surface area contributed by atoms with Crippen molar-refractivity contribution in [2.75, 3.05) is 7.05 Å². The smallest absolute Gasteiger partial charge is 0.226 e. The summed E-state index contributed by atoms with van der Waals surface area (Å²) in [4.78, 5) is 8.78. The third kappa shape index (κ3) is 4.70. The van der Waals surface area contributed by atoms with Crippen LogP contribution in [0.4, 0.5) is 0 Å². The SMILES string of the molecule is CN=C(NCc1ccc(-n2cccn2)cc1)NCc1coc(-c2ccccc2)n1. The molecule has 0 aliphatic heterocycles. The molecule has 0 atom stereocenters. The van der Waals surface area contributed by atoms with Gasteiger partial charge in [-0.1, -0.05) is 30.3 Å². The van der Waals surface area contributed by atoms with Crippen LogP contribution in [0.3, 0.4) is 0 Å². The van der Waals surface area contributed by atoms with Gasteiger partial charge in [0.25, 0.3) is 0 Å². The summed E-state index contributed by atoms with van der Waals surface area (Å²) in [6.07, 6.45) is 5.35. The van der Waals surface area contributed by atoms with Crippen molar-refractivity contribution in [2.24, 2.45) is 4.99 Å². The van der Waals surface area contributed by atoms with Crippen LogP contribution in [0.15, 0.2) is 88.7 Å². The molecule has 4 rings (SSSR count). The van der Waals surface area contributed by atoms with E-state index < -0.39 is 0 Å². The van der Waals surface area contributed by atoms with Gasteiger partial charge in [0.1, 0.15) is 6.26 Å². The molecule has 7 heteroatoms. The molecule has 0 radical (unpaired) electrons. The minimum atomic E-state index is 0.522. The van der Waals surface area contributed by atoms with Crippen LogP contribution in [0.25, 0.3) is 17.1 Å². The summed E-state index contributed by atoms with van der Waals surface area (Å²) in [7, 11) is 1.74. The second-order valence-electron chi connectivity index (χ2n) is 6.41. The normalized spacial score (nSPS) is 11.4. The molecule has 4 aromatic rings. The lowest BCUT2D eigenvalue weighted by atomic mass is 10.2. The molecular weight excluding hydrogens is 364 g/mol. The van der Waals surface area contributed by atoms with E-state index in [0.29, 0.717) is 24.9 Å². The fourth-order valence-electron chi connectivity index (χ4n) is 2.87. The van der Waals surface area contributed by atoms with Gasteiger partial charge in [-0.2, -0.15) is 5.10 Å². The number of rotatable bonds is 6. The van der Waals surface area contributed by atoms with Crippen LogP contribution in [0.1, 0.15) is 11.3 Å². The van der Waals surface area contributed by atoms with Crippen molar-refractivity contribution in [1.82, 2.24) is 25.4 Å². The lowest BCUT2D eigenvalue weighted by Gasteiger charge is -2.11. The molecular formula is C22H22N6O. The van der Waals surface area contributed by atoms with Crippen molar-refractivity contribution in [3.05, 3.63) is 90.6 Å². The molecule has 146 valence electrons. The minimum absolute atomic E-state index is 0.522. The molecule has 0 unspecified atom stereocenters. The average Bonchev–Trinajstić information content (AvgIpc) is 3.47. The maximum atomic E-state index is 5.57. The second kappa shape index (κ2) is 8.88. The summed E-state index contributed by atoms with van der Waals surface area (Å²) >= 11 is 0. The van der Waals surface area contributed by atoms with Crippen molar-refractivity contribution in [2.45, 2.75) is 13.1 Å². The Bertz CT molecular complexity index is 1050. The molecule has 0 aliphatic rings. The van der Waals surface area contributed by atoms with Crippen molar-refractivity contribution in [3.8, 4) is 17.1 Å². The van der Waals surface area contributed by atoms with Crippen LogP contribution in [0, 0.1) is 0 Å². The van der Waals surface area contributed by atoms with Gasteiger partial charge in [-0.15, -0.1) is 0 Å². The highest BCUT2D eigenvalue weighted by atomic mass is 16.3. The third-order valence-corrected chi connectivity index (χ3v) is 4.40. The summed E-state index contributed by atoms with van der Waals surface area (Å²) in [5, 5.41) is 10.8. The summed E-state index contributed by atoms with van der Waals surface area (Å²) in [5.74, 6) is 1.31. The zero-order valence-electron chi connectivity index (χ0n) is 16.1. The highest BCUT2D eigenvalue weighted by Gasteiger charge is 2.07. The Labute approximate surface area is 169 Å². The maximum Gasteiger partial charge on any atom is 0.226 e. The van der Waals surface area contributed by atoms with Gasteiger partial charge in [0.15, 0.2) is 5.96 Å². The maximum absolute atomic E-state index is 5.57. The quantitative estimate of drug-likeness (QED) is 0.392. The van der Waals surface area contributed by atoms with Gasteiger partial charge in [0.05, 0.1) is 17.9 Å². The molecule has 0 amide bonds. The molecule has 2 heterocycles. The van der Waals surface area contributed by atoms with E-state index >= 15 is 0 Å². The van der Waals surface area contributed by atoms with Crippen LogP contribution in [0.5, 0.6) is 0 Å². The number of nitrogens with one attached hydrogen (secondary N) is 2. The second-order valence-corrected chi connectivity index (χ2v) is 6.41. The Morgan fingerprint density at radius 2 is 1.79 bits per heavy atom. The number of aliphatic imine (C=N–C) groups is 1. The first-order valence-electron chi connectivity index (χ1n) is 9.35. The van der Waals surface area contributed by atoms with E-state index in [1.807, 2.05) is 59.4 Å². The number of oxazole rings is 1. The van der Waals surface area contributed by atoms with Gasteiger partial charge < -0.3 is 15.1 Å². The molecule has 0 bridgehead atoms. The first kappa shape index (κ1) is 18.5. The summed E-state index contributed by atoms with van der Waals surface area (Å²) in [6.45, 7) is 1.18. The predicted molar refractivity (Wildman–Crippen MR) is 113 cm³/mol. The van der Waals surface area contributed by atoms with Crippen molar-refractivity contribution >= 4 is 5.96 Å². The average molecular weight is 386 g/mol. The Morgan fingerprint density at radius 3 is 2.52 bits per heavy atom. The zero-order chi connectivity index (χ0) is 19.9. The Kier molecular flexibility index (Phi) is 5.66. The first-order chi connectivity index (χ1) is 14.3. The van der Waals surface area contributed by atoms with E-state index in [4.69, 9.17) is 4.42 Å². The molecule has 0 saturated carbocycles. The van der Waals surface area contributed by atoms with E-state index in [9.17, 15) is 0 Å². The van der Waals surface area contributed by atoms with Crippen molar-refractivity contribution < 1.29 is 4.42 Å². The van der Waals surface area contributed by atoms with Gasteiger partial charge >= 0.3 is 0 Å². The topological polar surface area (TPSA) is 80.3 Å². The summed E-state index contributed by atoms with van der Waals surface area (Å²) in [5.41, 5.74) is 3.95. The Morgan fingerprint density at radius 1 is 1.00 bits per heavy atom. The first-order valence-corrected chi connectivity index (χ1v) is 9.35. The molecule has 7 nitrogen and oxygen atoms in total. The van der Waals surface area contributed by atoms with Gasteiger partial charge in [-0.3, -0.25) is 4.99 Å². The molecule has 0 fully saturated rings. The lowest BCUT2D eigenvalue weighted by Crippen LogP contribution is -2.36. The highest BCUT2D eigenvalue weighted by Crippen LogP contribution is 2.17. The molecule has 2 aromatic carbocycles. The van der Waals surface area contributed by atoms with Crippen molar-refractivity contribution in [3.63, 3.8) is 0 Å². The zero-order valence-corrected chi connectivity index (χ0v) is 16.1. The van der Waals surface area contributed by atoms with Crippen LogP contribution in [-0.4, -0.2) is 27.8 Å². The van der Waals surface area contributed by atoms with Gasteiger partial charge in [0.2, 0.25) is 5.89 Å². The lowest BCUT2D eigenvalue weighted by molar-refractivity contribution is 0.572. The van der Waals surface area contributed by atoms with Crippen LogP contribution in [0.2, 0.25) is 0 Å². The Hall–Kier alpha value is -3.87. The minimum Gasteiger partial charge on any atom is -0.444 e. The largest absolute Gasteiger partial charge is 0.444 e. The Balaban J connectivity index is 1.29. The van der Waals surface area contributed by atoms with Gasteiger partial charge in [-0.25, -0.2) is 9.67 Å². The van der Waals surface area contributed by atoms with Gasteiger partial charge in [-0.05, 0) is 35.9 Å². The van der Waals surface area contributed by atoms with Gasteiger partial charge in [0, 0.05) is 31.5 Å². The van der Waals surface area contributed by atoms with E-state index in [1.165, 1.54) is 0 Å². The standard InChI is InChI=1S/C22H22N6O/c1-23-22(24-14-17-8-10-20(11-9-17)28-13-5-12-26-28)25-15-19-16-29-21(27-19)18-6-3-2-4-7-18/h2-13,16H,14-15H2,1H3,(H2,23,24,25). The third-order valence-electron chi connectivity index (χ3n) is 4.40. The number of guanidine groups is 1. The molecule has 0 aliphatic carbocycles. The number of hydrogen-bond donors (Lipinski definition) is 2. The monoisotopic (exact) mass is 386 g/mol.